The molecule has 2 rings (SSSR count). The van der Waals surface area contributed by atoms with Crippen LogP contribution in [0.4, 0.5) is 5.13 Å². The number of aliphatic hydroxyl groups excluding tert-OH is 1. The van der Waals surface area contributed by atoms with Crippen LogP contribution in [0, 0.1) is 0 Å². The predicted molar refractivity (Wildman–Crippen MR) is 76.4 cm³/mol. The lowest BCUT2D eigenvalue weighted by atomic mass is 9.90. The van der Waals surface area contributed by atoms with Gasteiger partial charge in [-0.15, -0.1) is 11.3 Å². The number of aliphatic hydroxyl groups is 1. The van der Waals surface area contributed by atoms with Crippen LogP contribution in [0.2, 0.25) is 0 Å². The highest BCUT2D eigenvalue weighted by atomic mass is 32.1. The number of aliphatic carboxylic acids is 1. The predicted octanol–water partition coefficient (Wildman–Crippen LogP) is 1.09. The van der Waals surface area contributed by atoms with Crippen molar-refractivity contribution in [1.29, 1.82) is 0 Å². The molecule has 2 N–H and O–H groups in total. The molecule has 0 spiro atoms. The number of carboxylic acid groups (broad SMARTS) is 1. The van der Waals surface area contributed by atoms with Crippen LogP contribution >= 0.6 is 11.3 Å². The molecule has 20 heavy (non-hydrogen) atoms. The first-order valence-electron chi connectivity index (χ1n) is 6.54. The highest BCUT2D eigenvalue weighted by Crippen LogP contribution is 2.31. The van der Waals surface area contributed by atoms with Gasteiger partial charge in [-0.3, -0.25) is 4.79 Å². The summed E-state index contributed by atoms with van der Waals surface area (Å²) in [6, 6.07) is 0.157. The first-order chi connectivity index (χ1) is 9.36. The van der Waals surface area contributed by atoms with Crippen LogP contribution in [0.15, 0.2) is 5.38 Å². The number of morpholine rings is 1. The highest BCUT2D eigenvalue weighted by Gasteiger charge is 2.34. The van der Waals surface area contributed by atoms with E-state index >= 15 is 0 Å². The summed E-state index contributed by atoms with van der Waals surface area (Å²) in [5.74, 6) is -0.891. The summed E-state index contributed by atoms with van der Waals surface area (Å²) < 4.78 is 5.49. The molecule has 1 fully saturated rings. The van der Waals surface area contributed by atoms with Gasteiger partial charge in [0.25, 0.3) is 0 Å². The van der Waals surface area contributed by atoms with E-state index in [9.17, 15) is 15.0 Å². The Morgan fingerprint density at radius 3 is 2.95 bits per heavy atom. The van der Waals surface area contributed by atoms with Gasteiger partial charge in [-0.1, -0.05) is 0 Å². The summed E-state index contributed by atoms with van der Waals surface area (Å²) in [7, 11) is 0. The molecule has 0 aromatic carbocycles. The Labute approximate surface area is 122 Å². The van der Waals surface area contributed by atoms with Crippen LogP contribution in [0.25, 0.3) is 0 Å². The van der Waals surface area contributed by atoms with Crippen molar-refractivity contribution < 1.29 is 19.7 Å². The number of hydrogen-bond acceptors (Lipinski definition) is 6. The first kappa shape index (κ1) is 15.2. The number of aromatic nitrogens is 1. The zero-order valence-corrected chi connectivity index (χ0v) is 12.7. The van der Waals surface area contributed by atoms with E-state index in [1.54, 1.807) is 19.2 Å². The molecule has 6 nitrogen and oxygen atoms in total. The molecular weight excluding hydrogens is 280 g/mol. The third-order valence-electron chi connectivity index (χ3n) is 3.62. The van der Waals surface area contributed by atoms with Crippen LogP contribution < -0.4 is 4.90 Å². The second-order valence-electron chi connectivity index (χ2n) is 5.58. The quantitative estimate of drug-likeness (QED) is 0.866. The lowest BCUT2D eigenvalue weighted by Gasteiger charge is -2.37. The van der Waals surface area contributed by atoms with E-state index < -0.39 is 11.4 Å². The molecule has 0 radical (unpaired) electrons. The Bertz CT molecular complexity index is 488. The van der Waals surface area contributed by atoms with E-state index in [0.717, 1.165) is 5.13 Å². The maximum Gasteiger partial charge on any atom is 0.315 e. The third-order valence-corrected chi connectivity index (χ3v) is 4.50. The summed E-state index contributed by atoms with van der Waals surface area (Å²) in [5, 5.41) is 21.0. The van der Waals surface area contributed by atoms with Gasteiger partial charge in [-0.25, -0.2) is 4.98 Å². The van der Waals surface area contributed by atoms with E-state index in [-0.39, 0.29) is 18.8 Å². The number of nitrogens with zero attached hydrogens (tertiary/aromatic N) is 2. The number of anilines is 1. The molecule has 1 saturated heterocycles. The topological polar surface area (TPSA) is 82.9 Å². The zero-order valence-electron chi connectivity index (χ0n) is 11.9. The van der Waals surface area contributed by atoms with Gasteiger partial charge < -0.3 is 19.8 Å². The molecule has 0 aliphatic carbocycles. The number of carbonyl (C=O) groups is 1. The van der Waals surface area contributed by atoms with E-state index in [2.05, 4.69) is 9.88 Å². The molecule has 1 aliphatic rings. The number of thiazole rings is 1. The number of carboxylic acids is 1. The van der Waals surface area contributed by atoms with Gasteiger partial charge in [0, 0.05) is 11.9 Å². The van der Waals surface area contributed by atoms with Crippen molar-refractivity contribution in [1.82, 2.24) is 4.98 Å². The van der Waals surface area contributed by atoms with Gasteiger partial charge in [-0.05, 0) is 20.8 Å². The maximum atomic E-state index is 11.3. The zero-order chi connectivity index (χ0) is 14.9. The van der Waals surface area contributed by atoms with Gasteiger partial charge in [0.15, 0.2) is 5.13 Å². The molecule has 7 heteroatoms. The molecule has 0 saturated carbocycles. The van der Waals surface area contributed by atoms with Crippen LogP contribution in [-0.4, -0.2) is 53.1 Å². The fraction of sp³-hybridized carbons (Fsp3) is 0.692. The average molecular weight is 300 g/mol. The van der Waals surface area contributed by atoms with E-state index in [4.69, 9.17) is 4.74 Å². The summed E-state index contributed by atoms with van der Waals surface area (Å²) in [6.45, 7) is 6.39. The van der Waals surface area contributed by atoms with Crippen LogP contribution in [0.3, 0.4) is 0 Å². The van der Waals surface area contributed by atoms with Gasteiger partial charge in [0.2, 0.25) is 0 Å². The Hall–Kier alpha value is -1.18. The molecule has 1 aliphatic heterocycles. The molecule has 112 valence electrons. The Morgan fingerprint density at radius 2 is 2.35 bits per heavy atom. The minimum absolute atomic E-state index is 0.0257. The van der Waals surface area contributed by atoms with Crippen molar-refractivity contribution in [2.45, 2.75) is 38.3 Å². The van der Waals surface area contributed by atoms with Crippen molar-refractivity contribution in [3.8, 4) is 0 Å². The monoisotopic (exact) mass is 300 g/mol. The second kappa shape index (κ2) is 5.67. The summed E-state index contributed by atoms with van der Waals surface area (Å²) in [4.78, 5) is 17.8. The van der Waals surface area contributed by atoms with E-state index in [1.807, 2.05) is 6.92 Å². The molecule has 1 aromatic heterocycles. The number of ether oxygens (including phenoxy) is 1. The molecule has 2 heterocycles. The van der Waals surface area contributed by atoms with Crippen LogP contribution in [0.1, 0.15) is 26.5 Å². The minimum atomic E-state index is -0.999. The Balaban J connectivity index is 2.21. The fourth-order valence-electron chi connectivity index (χ4n) is 1.99. The Morgan fingerprint density at radius 1 is 1.65 bits per heavy atom. The lowest BCUT2D eigenvalue weighted by molar-refractivity contribution is -0.142. The summed E-state index contributed by atoms with van der Waals surface area (Å²) in [6.07, 6.45) is -0.217. The standard InChI is InChI=1S/C13H20N2O4S/c1-8-6-19-9(5-16)4-15(8)12-14-10(7-20-12)13(2,3)11(17)18/h7-9,16H,4-6H2,1-3H3,(H,17,18). The lowest BCUT2D eigenvalue weighted by Crippen LogP contribution is -2.49. The largest absolute Gasteiger partial charge is 0.481 e. The molecular formula is C13H20N2O4S. The number of rotatable bonds is 4. The van der Waals surface area contributed by atoms with Crippen LogP contribution in [-0.2, 0) is 14.9 Å². The SMILES string of the molecule is CC1COC(CO)CN1c1nc(C(C)(C)C(=O)O)cs1. The Kier molecular flexibility index (Phi) is 4.31. The van der Waals surface area contributed by atoms with E-state index in [1.165, 1.54) is 11.3 Å². The third kappa shape index (κ3) is 2.79. The maximum absolute atomic E-state index is 11.3. The normalized spacial score (nSPS) is 23.9. The minimum Gasteiger partial charge on any atom is -0.481 e. The molecule has 2 unspecified atom stereocenters. The van der Waals surface area contributed by atoms with Gasteiger partial charge in [-0.2, -0.15) is 0 Å². The van der Waals surface area contributed by atoms with Gasteiger partial charge in [0.1, 0.15) is 5.41 Å². The van der Waals surface area contributed by atoms with Crippen molar-refractivity contribution in [2.75, 3.05) is 24.7 Å². The van der Waals surface area contributed by atoms with E-state index in [0.29, 0.717) is 18.8 Å². The van der Waals surface area contributed by atoms with Crippen molar-refractivity contribution >= 4 is 22.4 Å². The number of hydrogen-bond donors (Lipinski definition) is 2. The second-order valence-corrected chi connectivity index (χ2v) is 6.42. The van der Waals surface area contributed by atoms with Crippen molar-refractivity contribution in [2.24, 2.45) is 0 Å². The van der Waals surface area contributed by atoms with Crippen LogP contribution in [0.5, 0.6) is 0 Å². The fourth-order valence-corrected chi connectivity index (χ4v) is 3.09. The van der Waals surface area contributed by atoms with Gasteiger partial charge in [0.05, 0.1) is 31.1 Å². The van der Waals surface area contributed by atoms with Crippen molar-refractivity contribution in [3.05, 3.63) is 11.1 Å². The highest BCUT2D eigenvalue weighted by molar-refractivity contribution is 7.13. The summed E-state index contributed by atoms with van der Waals surface area (Å²) >= 11 is 1.43. The first-order valence-corrected chi connectivity index (χ1v) is 7.42. The van der Waals surface area contributed by atoms with Crippen molar-refractivity contribution in [3.63, 3.8) is 0 Å². The smallest absolute Gasteiger partial charge is 0.315 e. The molecule has 0 amide bonds. The molecule has 2 atom stereocenters. The molecule has 0 bridgehead atoms. The summed E-state index contributed by atoms with van der Waals surface area (Å²) in [5.41, 5.74) is -0.440. The van der Waals surface area contributed by atoms with Gasteiger partial charge >= 0.3 is 5.97 Å². The average Bonchev–Trinajstić information content (AvgIpc) is 2.89. The molecule has 1 aromatic rings.